The molecule has 4 rings (SSSR count). The summed E-state index contributed by atoms with van der Waals surface area (Å²) in [6, 6.07) is 12.0. The fourth-order valence-corrected chi connectivity index (χ4v) is 4.44. The van der Waals surface area contributed by atoms with E-state index in [-0.39, 0.29) is 37.2 Å². The van der Waals surface area contributed by atoms with Crippen molar-refractivity contribution in [3.8, 4) is 0 Å². The number of amides is 1. The van der Waals surface area contributed by atoms with Crippen molar-refractivity contribution >= 4 is 51.9 Å². The first-order valence-corrected chi connectivity index (χ1v) is 11.8. The van der Waals surface area contributed by atoms with Gasteiger partial charge in [0.15, 0.2) is 28.4 Å². The first-order chi connectivity index (χ1) is 17.6. The molecule has 3 aromatic carbocycles. The molecule has 0 spiro atoms. The molecule has 1 saturated heterocycles. The predicted octanol–water partition coefficient (Wildman–Crippen LogP) is 5.80. The van der Waals surface area contributed by atoms with Gasteiger partial charge < -0.3 is 15.1 Å². The molecule has 0 saturated carbocycles. The monoisotopic (exact) mass is 554 g/mol. The lowest BCUT2D eigenvalue weighted by atomic mass is 10.1. The lowest BCUT2D eigenvalue weighted by Gasteiger charge is -2.38. The molecule has 37 heavy (non-hydrogen) atoms. The van der Waals surface area contributed by atoms with Gasteiger partial charge in [0, 0.05) is 37.4 Å². The van der Waals surface area contributed by atoms with Crippen molar-refractivity contribution in [2.45, 2.75) is 6.92 Å². The fourth-order valence-electron chi connectivity index (χ4n) is 3.93. The van der Waals surface area contributed by atoms with E-state index >= 15 is 0 Å². The Bertz CT molecular complexity index is 1340. The average Bonchev–Trinajstić information content (AvgIpc) is 2.87. The summed E-state index contributed by atoms with van der Waals surface area (Å²) in [6.45, 7) is 2.36. The number of halogens is 6. The Balaban J connectivity index is 1.39. The van der Waals surface area contributed by atoms with Crippen molar-refractivity contribution in [3.63, 3.8) is 0 Å². The summed E-state index contributed by atoms with van der Waals surface area (Å²) in [5, 5.41) is 5.88. The SMILES string of the molecule is Cc1ccc(C(=O)NC(=S)Nc2ccc(N3CCN(c4c(F)c(F)c(F)c(F)c4F)CC3)c(Cl)c2)cc1. The molecule has 5 nitrogen and oxygen atoms in total. The van der Waals surface area contributed by atoms with Crippen LogP contribution >= 0.6 is 23.8 Å². The number of nitrogens with zero attached hydrogens (tertiary/aromatic N) is 2. The molecule has 2 N–H and O–H groups in total. The fraction of sp³-hybridized carbons (Fsp3) is 0.200. The summed E-state index contributed by atoms with van der Waals surface area (Å²) >= 11 is 11.6. The maximum Gasteiger partial charge on any atom is 0.257 e. The highest BCUT2D eigenvalue weighted by atomic mass is 35.5. The average molecular weight is 555 g/mol. The summed E-state index contributed by atoms with van der Waals surface area (Å²) in [5.74, 6) is -10.2. The molecule has 1 heterocycles. The number of piperazine rings is 1. The van der Waals surface area contributed by atoms with Crippen LogP contribution in [0, 0.1) is 36.0 Å². The van der Waals surface area contributed by atoms with Gasteiger partial charge in [0.25, 0.3) is 5.91 Å². The second kappa shape index (κ2) is 10.9. The first-order valence-electron chi connectivity index (χ1n) is 11.1. The van der Waals surface area contributed by atoms with Crippen molar-refractivity contribution in [1.29, 1.82) is 0 Å². The molecule has 1 fully saturated rings. The van der Waals surface area contributed by atoms with E-state index in [0.29, 0.717) is 22.0 Å². The molecule has 0 aliphatic carbocycles. The number of nitrogens with one attached hydrogen (secondary N) is 2. The molecule has 1 aliphatic rings. The molecule has 1 aliphatic heterocycles. The number of aryl methyl sites for hydroxylation is 1. The normalized spacial score (nSPS) is 13.5. The van der Waals surface area contributed by atoms with Crippen molar-refractivity contribution in [1.82, 2.24) is 5.32 Å². The molecule has 0 radical (unpaired) electrons. The second-order valence-corrected chi connectivity index (χ2v) is 9.15. The van der Waals surface area contributed by atoms with E-state index in [1.165, 1.54) is 0 Å². The third-order valence-electron chi connectivity index (χ3n) is 5.87. The third-order valence-corrected chi connectivity index (χ3v) is 6.38. The summed E-state index contributed by atoms with van der Waals surface area (Å²) < 4.78 is 68.9. The van der Waals surface area contributed by atoms with Gasteiger partial charge in [0.1, 0.15) is 5.69 Å². The molecular weight excluding hydrogens is 535 g/mol. The Morgan fingerprint density at radius 1 is 0.838 bits per heavy atom. The highest BCUT2D eigenvalue weighted by molar-refractivity contribution is 7.80. The van der Waals surface area contributed by atoms with Crippen LogP contribution in [0.4, 0.5) is 39.0 Å². The van der Waals surface area contributed by atoms with Crippen LogP contribution in [-0.2, 0) is 0 Å². The standard InChI is InChI=1S/C25H20ClF5N4OS/c1-13-2-4-14(5-3-13)24(36)33-25(37)32-15-6-7-17(16(26)12-15)34-8-10-35(11-9-34)23-21(30)19(28)18(27)20(29)22(23)31/h2-7,12H,8-11H2,1H3,(H2,32,33,36,37). The van der Waals surface area contributed by atoms with Gasteiger partial charge in [-0.25, -0.2) is 22.0 Å². The van der Waals surface area contributed by atoms with Gasteiger partial charge in [-0.1, -0.05) is 29.3 Å². The number of carbonyl (C=O) groups is 1. The van der Waals surface area contributed by atoms with Gasteiger partial charge in [-0.2, -0.15) is 0 Å². The summed E-state index contributed by atoms with van der Waals surface area (Å²) in [4.78, 5) is 15.3. The van der Waals surface area contributed by atoms with Crippen LogP contribution < -0.4 is 20.4 Å². The molecule has 0 unspecified atom stereocenters. The van der Waals surface area contributed by atoms with E-state index in [0.717, 1.165) is 10.5 Å². The molecule has 12 heteroatoms. The Morgan fingerprint density at radius 2 is 1.38 bits per heavy atom. The molecule has 0 aromatic heterocycles. The Labute approximate surface area is 219 Å². The van der Waals surface area contributed by atoms with Crippen LogP contribution in [0.5, 0.6) is 0 Å². The van der Waals surface area contributed by atoms with E-state index in [1.54, 1.807) is 30.3 Å². The quantitative estimate of drug-likeness (QED) is 0.185. The van der Waals surface area contributed by atoms with Crippen LogP contribution in [0.3, 0.4) is 0 Å². The number of hydrogen-bond donors (Lipinski definition) is 2. The highest BCUT2D eigenvalue weighted by Gasteiger charge is 2.31. The number of thiocarbonyl (C=S) groups is 1. The van der Waals surface area contributed by atoms with Gasteiger partial charge in [-0.3, -0.25) is 10.1 Å². The number of carbonyl (C=O) groups excluding carboxylic acids is 1. The molecule has 1 amide bonds. The highest BCUT2D eigenvalue weighted by Crippen LogP contribution is 2.33. The lowest BCUT2D eigenvalue weighted by molar-refractivity contribution is 0.0977. The van der Waals surface area contributed by atoms with E-state index < -0.39 is 34.8 Å². The van der Waals surface area contributed by atoms with E-state index in [4.69, 9.17) is 23.8 Å². The molecule has 194 valence electrons. The van der Waals surface area contributed by atoms with Crippen LogP contribution in [0.15, 0.2) is 42.5 Å². The van der Waals surface area contributed by atoms with Crippen molar-refractivity contribution < 1.29 is 26.7 Å². The summed E-state index contributed by atoms with van der Waals surface area (Å²) in [5.41, 5.74) is 1.66. The maximum atomic E-state index is 14.2. The van der Waals surface area contributed by atoms with Crippen LogP contribution in [-0.4, -0.2) is 37.2 Å². The van der Waals surface area contributed by atoms with E-state index in [9.17, 15) is 26.7 Å². The van der Waals surface area contributed by atoms with Crippen molar-refractivity contribution in [2.24, 2.45) is 0 Å². The third kappa shape index (κ3) is 5.62. The van der Waals surface area contributed by atoms with Crippen molar-refractivity contribution in [3.05, 3.63) is 87.7 Å². The lowest BCUT2D eigenvalue weighted by Crippen LogP contribution is -2.47. The summed E-state index contributed by atoms with van der Waals surface area (Å²) in [6.07, 6.45) is 0. The second-order valence-electron chi connectivity index (χ2n) is 8.33. The largest absolute Gasteiger partial charge is 0.367 e. The van der Waals surface area contributed by atoms with Crippen LogP contribution in [0.1, 0.15) is 15.9 Å². The van der Waals surface area contributed by atoms with Gasteiger partial charge >= 0.3 is 0 Å². The molecule has 0 bridgehead atoms. The predicted molar refractivity (Wildman–Crippen MR) is 137 cm³/mol. The Kier molecular flexibility index (Phi) is 7.84. The molecule has 3 aromatic rings. The minimum atomic E-state index is -2.19. The molecular formula is C25H20ClF5N4OS. The van der Waals surface area contributed by atoms with Gasteiger partial charge in [0.2, 0.25) is 5.82 Å². The Morgan fingerprint density at radius 3 is 1.95 bits per heavy atom. The van der Waals surface area contributed by atoms with E-state index in [2.05, 4.69) is 10.6 Å². The van der Waals surface area contributed by atoms with Crippen LogP contribution in [0.2, 0.25) is 5.02 Å². The van der Waals surface area contributed by atoms with Gasteiger partial charge in [-0.05, 0) is 49.5 Å². The smallest absolute Gasteiger partial charge is 0.257 e. The summed E-state index contributed by atoms with van der Waals surface area (Å²) in [7, 11) is 0. The number of benzene rings is 3. The topological polar surface area (TPSA) is 47.6 Å². The zero-order valence-corrected chi connectivity index (χ0v) is 20.9. The zero-order chi connectivity index (χ0) is 26.9. The van der Waals surface area contributed by atoms with Gasteiger partial charge in [-0.15, -0.1) is 0 Å². The van der Waals surface area contributed by atoms with E-state index in [1.807, 2.05) is 24.0 Å². The zero-order valence-electron chi connectivity index (χ0n) is 19.3. The number of hydrogen-bond acceptors (Lipinski definition) is 4. The number of anilines is 3. The van der Waals surface area contributed by atoms with Crippen LogP contribution in [0.25, 0.3) is 0 Å². The van der Waals surface area contributed by atoms with Gasteiger partial charge in [0.05, 0.1) is 10.7 Å². The minimum Gasteiger partial charge on any atom is -0.367 e. The minimum absolute atomic E-state index is 0.00378. The van der Waals surface area contributed by atoms with Crippen molar-refractivity contribution in [2.75, 3.05) is 41.3 Å². The molecule has 0 atom stereocenters. The number of rotatable bonds is 4. The Hall–Kier alpha value is -3.44. The first kappa shape index (κ1) is 26.6. The maximum absolute atomic E-state index is 14.2.